The number of halogens is 4. The first kappa shape index (κ1) is 18.3. The van der Waals surface area contributed by atoms with Crippen LogP contribution in [0.2, 0.25) is 0 Å². The van der Waals surface area contributed by atoms with Gasteiger partial charge in [-0.25, -0.2) is 8.60 Å². The van der Waals surface area contributed by atoms with Crippen molar-refractivity contribution >= 4 is 11.1 Å². The second kappa shape index (κ2) is 7.05. The second-order valence-electron chi connectivity index (χ2n) is 5.58. The predicted molar refractivity (Wildman–Crippen MR) is 90.6 cm³/mol. The molecule has 0 spiro atoms. The largest absolute Gasteiger partial charge is 0.431 e. The molecule has 0 saturated heterocycles. The minimum atomic E-state index is -4.58. The molecule has 1 atom stereocenters. The summed E-state index contributed by atoms with van der Waals surface area (Å²) in [6.07, 6.45) is -4.58. The molecule has 136 valence electrons. The normalized spacial score (nSPS) is 13.0. The summed E-state index contributed by atoms with van der Waals surface area (Å²) in [5, 5.41) is 0. The van der Waals surface area contributed by atoms with Gasteiger partial charge < -0.3 is 9.12 Å². The third-order valence-electron chi connectivity index (χ3n) is 3.80. The molecule has 0 fully saturated rings. The molecule has 0 aliphatic rings. The fourth-order valence-electron chi connectivity index (χ4n) is 2.67. The Bertz CT molecular complexity index is 931. The van der Waals surface area contributed by atoms with Crippen molar-refractivity contribution in [1.29, 1.82) is 0 Å². The molecule has 1 heterocycles. The van der Waals surface area contributed by atoms with Crippen LogP contribution in [0.15, 0.2) is 60.7 Å². The van der Waals surface area contributed by atoms with Crippen LogP contribution in [-0.4, -0.2) is 13.3 Å². The van der Waals surface area contributed by atoms with Gasteiger partial charge in [-0.2, -0.15) is 13.2 Å². The van der Waals surface area contributed by atoms with Gasteiger partial charge in [0, 0.05) is 5.69 Å². The lowest BCUT2D eigenvalue weighted by molar-refractivity contribution is -0.142. The van der Waals surface area contributed by atoms with Crippen LogP contribution in [0.3, 0.4) is 0 Å². The highest BCUT2D eigenvalue weighted by molar-refractivity contribution is 7.78. The lowest BCUT2D eigenvalue weighted by atomic mass is 10.1. The van der Waals surface area contributed by atoms with Gasteiger partial charge in [0.2, 0.25) is 0 Å². The summed E-state index contributed by atoms with van der Waals surface area (Å²) in [5.41, 5.74) is 0.669. The Morgan fingerprint density at radius 1 is 0.923 bits per heavy atom. The Balaban J connectivity index is 2.11. The van der Waals surface area contributed by atoms with Crippen LogP contribution in [0.4, 0.5) is 17.6 Å². The van der Waals surface area contributed by atoms with E-state index < -0.39 is 28.8 Å². The first-order valence-corrected chi connectivity index (χ1v) is 8.75. The molecule has 1 aromatic heterocycles. The van der Waals surface area contributed by atoms with E-state index in [1.54, 1.807) is 24.3 Å². The Labute approximate surface area is 149 Å². The monoisotopic (exact) mass is 383 g/mol. The molecule has 0 bridgehead atoms. The zero-order valence-electron chi connectivity index (χ0n) is 13.2. The van der Waals surface area contributed by atoms with Crippen molar-refractivity contribution < 1.29 is 26.3 Å². The summed E-state index contributed by atoms with van der Waals surface area (Å²) in [7, 11) is 0. The Hall–Kier alpha value is -2.45. The van der Waals surface area contributed by atoms with Gasteiger partial charge >= 0.3 is 6.18 Å². The van der Waals surface area contributed by atoms with E-state index in [0.29, 0.717) is 11.1 Å². The standard InChI is InChI=1S/C18H13F4NO2S/c19-14-5-7-15(8-6-14)23-16(9-10-17(23)18(20,21)22)13-3-1-12(2-4-13)11-26(24)25/h1-10H,11H2,(H,24,25). The van der Waals surface area contributed by atoms with Gasteiger partial charge in [-0.3, -0.25) is 0 Å². The van der Waals surface area contributed by atoms with Crippen LogP contribution < -0.4 is 0 Å². The van der Waals surface area contributed by atoms with Gasteiger partial charge in [-0.05, 0) is 47.5 Å². The molecule has 26 heavy (non-hydrogen) atoms. The third kappa shape index (κ3) is 3.86. The summed E-state index contributed by atoms with van der Waals surface area (Å²) in [6.45, 7) is 0. The average Bonchev–Trinajstić information content (AvgIpc) is 3.01. The van der Waals surface area contributed by atoms with Crippen LogP contribution in [0.5, 0.6) is 0 Å². The Morgan fingerprint density at radius 3 is 2.08 bits per heavy atom. The van der Waals surface area contributed by atoms with Crippen molar-refractivity contribution in [3.05, 3.63) is 77.7 Å². The molecule has 0 amide bonds. The topological polar surface area (TPSA) is 42.2 Å². The molecule has 1 unspecified atom stereocenters. The molecule has 3 nitrogen and oxygen atoms in total. The van der Waals surface area contributed by atoms with Crippen LogP contribution in [0.1, 0.15) is 11.3 Å². The number of hydrogen-bond acceptors (Lipinski definition) is 1. The number of alkyl halides is 3. The van der Waals surface area contributed by atoms with Crippen molar-refractivity contribution in [2.75, 3.05) is 0 Å². The van der Waals surface area contributed by atoms with Gasteiger partial charge in [0.25, 0.3) is 0 Å². The van der Waals surface area contributed by atoms with Crippen LogP contribution in [0, 0.1) is 5.82 Å². The summed E-state index contributed by atoms with van der Waals surface area (Å²) in [5.74, 6) is -0.607. The van der Waals surface area contributed by atoms with Gasteiger partial charge in [0.05, 0.1) is 11.4 Å². The number of nitrogens with zero attached hydrogens (tertiary/aromatic N) is 1. The lowest BCUT2D eigenvalue weighted by Crippen LogP contribution is -2.13. The predicted octanol–water partition coefficient (Wildman–Crippen LogP) is 5.02. The zero-order chi connectivity index (χ0) is 18.9. The van der Waals surface area contributed by atoms with E-state index in [9.17, 15) is 21.8 Å². The van der Waals surface area contributed by atoms with Crippen LogP contribution in [0.25, 0.3) is 16.9 Å². The van der Waals surface area contributed by atoms with Crippen molar-refractivity contribution in [3.63, 3.8) is 0 Å². The quantitative estimate of drug-likeness (QED) is 0.508. The van der Waals surface area contributed by atoms with E-state index in [4.69, 9.17) is 4.55 Å². The van der Waals surface area contributed by atoms with Gasteiger partial charge in [-0.15, -0.1) is 0 Å². The molecule has 0 saturated carbocycles. The number of benzene rings is 2. The molecule has 0 aliphatic heterocycles. The Kier molecular flexibility index (Phi) is 4.97. The highest BCUT2D eigenvalue weighted by Gasteiger charge is 2.35. The fraction of sp³-hybridized carbons (Fsp3) is 0.111. The summed E-state index contributed by atoms with van der Waals surface area (Å²) >= 11 is -2.00. The van der Waals surface area contributed by atoms with Crippen molar-refractivity contribution in [3.8, 4) is 16.9 Å². The zero-order valence-corrected chi connectivity index (χ0v) is 14.0. The maximum absolute atomic E-state index is 13.4. The van der Waals surface area contributed by atoms with Crippen LogP contribution >= 0.6 is 0 Å². The average molecular weight is 383 g/mol. The van der Waals surface area contributed by atoms with E-state index in [0.717, 1.165) is 22.8 Å². The van der Waals surface area contributed by atoms with E-state index in [1.165, 1.54) is 18.2 Å². The first-order valence-electron chi connectivity index (χ1n) is 7.47. The number of rotatable bonds is 4. The number of hydrogen-bond donors (Lipinski definition) is 1. The lowest BCUT2D eigenvalue weighted by Gasteiger charge is -2.16. The van der Waals surface area contributed by atoms with Crippen molar-refractivity contribution in [2.24, 2.45) is 0 Å². The van der Waals surface area contributed by atoms with Crippen LogP contribution in [-0.2, 0) is 23.0 Å². The second-order valence-corrected chi connectivity index (χ2v) is 6.51. The van der Waals surface area contributed by atoms with E-state index in [1.807, 2.05) is 0 Å². The molecule has 8 heteroatoms. The molecule has 0 aliphatic carbocycles. The summed E-state index contributed by atoms with van der Waals surface area (Å²) < 4.78 is 74.1. The van der Waals surface area contributed by atoms with Gasteiger partial charge in [-0.1, -0.05) is 24.3 Å². The fourth-order valence-corrected chi connectivity index (χ4v) is 3.14. The highest BCUT2D eigenvalue weighted by Crippen LogP contribution is 2.36. The van der Waals surface area contributed by atoms with Gasteiger partial charge in [0.15, 0.2) is 11.1 Å². The summed E-state index contributed by atoms with van der Waals surface area (Å²) in [4.78, 5) is 0. The summed E-state index contributed by atoms with van der Waals surface area (Å²) in [6, 6.07) is 13.4. The van der Waals surface area contributed by atoms with E-state index in [-0.39, 0.29) is 17.1 Å². The molecule has 3 rings (SSSR count). The Morgan fingerprint density at radius 2 is 1.54 bits per heavy atom. The minimum Gasteiger partial charge on any atom is -0.306 e. The van der Waals surface area contributed by atoms with Gasteiger partial charge in [0.1, 0.15) is 11.5 Å². The highest BCUT2D eigenvalue weighted by atomic mass is 32.2. The van der Waals surface area contributed by atoms with E-state index >= 15 is 0 Å². The SMILES string of the molecule is O=S(O)Cc1ccc(-c2ccc(C(F)(F)F)n2-c2ccc(F)cc2)cc1. The maximum Gasteiger partial charge on any atom is 0.431 e. The smallest absolute Gasteiger partial charge is 0.306 e. The molecular formula is C18H13F4NO2S. The minimum absolute atomic E-state index is 0.0624. The molecule has 1 N–H and O–H groups in total. The van der Waals surface area contributed by atoms with Crippen molar-refractivity contribution in [1.82, 2.24) is 4.57 Å². The molecular weight excluding hydrogens is 370 g/mol. The maximum atomic E-state index is 13.4. The van der Waals surface area contributed by atoms with E-state index in [2.05, 4.69) is 0 Å². The number of aromatic nitrogens is 1. The first-order chi connectivity index (χ1) is 12.3. The molecule has 2 aromatic carbocycles. The van der Waals surface area contributed by atoms with Crippen molar-refractivity contribution in [2.45, 2.75) is 11.9 Å². The molecule has 3 aromatic rings. The molecule has 0 radical (unpaired) electrons. The third-order valence-corrected chi connectivity index (χ3v) is 4.38.